The van der Waals surface area contributed by atoms with Crippen LogP contribution in [0.25, 0.3) is 10.4 Å². The second kappa shape index (κ2) is 7.92. The molecule has 0 unspecified atom stereocenters. The first-order chi connectivity index (χ1) is 12.6. The van der Waals surface area contributed by atoms with E-state index in [1.165, 1.54) is 12.3 Å². The van der Waals surface area contributed by atoms with Gasteiger partial charge in [-0.25, -0.2) is 4.79 Å². The van der Waals surface area contributed by atoms with E-state index < -0.39 is 48.3 Å². The largest absolute Gasteiger partial charge is 0.461 e. The van der Waals surface area contributed by atoms with Crippen molar-refractivity contribution in [3.63, 3.8) is 0 Å². The Morgan fingerprint density at radius 2 is 2.30 bits per heavy atom. The highest BCUT2D eigenvalue weighted by molar-refractivity contribution is 5.75. The zero-order valence-electron chi connectivity index (χ0n) is 15.2. The van der Waals surface area contributed by atoms with Crippen LogP contribution in [0.3, 0.4) is 0 Å². The van der Waals surface area contributed by atoms with E-state index in [0.717, 1.165) is 4.57 Å². The van der Waals surface area contributed by atoms with Gasteiger partial charge in [0.05, 0.1) is 6.10 Å². The van der Waals surface area contributed by atoms with Crippen LogP contribution in [0.1, 0.15) is 27.0 Å². The minimum Gasteiger partial charge on any atom is -0.461 e. The van der Waals surface area contributed by atoms with Gasteiger partial charge in [-0.2, -0.15) is 4.98 Å². The molecule has 0 aliphatic carbocycles. The molecular weight excluding hydrogens is 358 g/mol. The van der Waals surface area contributed by atoms with E-state index in [4.69, 9.17) is 26.5 Å². The molecule has 1 aliphatic heterocycles. The lowest BCUT2D eigenvalue weighted by atomic mass is 9.98. The van der Waals surface area contributed by atoms with Crippen LogP contribution in [-0.2, 0) is 14.3 Å². The van der Waals surface area contributed by atoms with E-state index in [0.29, 0.717) is 0 Å². The Balaban J connectivity index is 2.30. The van der Waals surface area contributed by atoms with Gasteiger partial charge >= 0.3 is 11.7 Å². The number of carbonyl (C=O) groups excluding carboxylic acids is 1. The average molecular weight is 381 g/mol. The summed E-state index contributed by atoms with van der Waals surface area (Å²) in [6.45, 7) is 4.52. The number of azide groups is 1. The Kier molecular flexibility index (Phi) is 6.06. The fourth-order valence-electron chi connectivity index (χ4n) is 2.73. The summed E-state index contributed by atoms with van der Waals surface area (Å²) in [5.74, 6) is -1.55. The van der Waals surface area contributed by atoms with Crippen molar-refractivity contribution in [3.05, 3.63) is 33.2 Å². The molecule has 2 rings (SSSR count). The SMILES string of the molecule is CC(C)[C@H](N)C(=O)OC[C@@]1(N=[N+]=[N-])O[C@@H](n2ccc(N)nc2=O)[C@@H](C)[C@@H]1O. The molecule has 0 saturated carbocycles. The normalized spacial score (nSPS) is 28.6. The number of hydrogen-bond acceptors (Lipinski definition) is 9. The number of aliphatic hydroxyl groups is 1. The van der Waals surface area contributed by atoms with Gasteiger partial charge in [0, 0.05) is 17.0 Å². The van der Waals surface area contributed by atoms with Crippen molar-refractivity contribution in [2.75, 3.05) is 12.3 Å². The van der Waals surface area contributed by atoms with Crippen molar-refractivity contribution in [2.45, 2.75) is 44.9 Å². The standard InChI is InChI=1S/C15H23N7O5/c1-7(2)10(17)13(24)26-6-15(20-21-18)11(23)8(3)12(27-15)22-5-4-9(16)19-14(22)25/h4-5,7-8,10-12,23H,6,17H2,1-3H3,(H2,16,19,25)/t8-,10-,11-,12+,15+/m0/s1. The van der Waals surface area contributed by atoms with Crippen LogP contribution in [0, 0.1) is 11.8 Å². The molecule has 12 nitrogen and oxygen atoms in total. The van der Waals surface area contributed by atoms with E-state index in [2.05, 4.69) is 15.0 Å². The number of ether oxygens (including phenoxy) is 2. The van der Waals surface area contributed by atoms with Crippen LogP contribution in [0.2, 0.25) is 0 Å². The lowest BCUT2D eigenvalue weighted by Gasteiger charge is -2.27. The molecule has 0 radical (unpaired) electrons. The van der Waals surface area contributed by atoms with Crippen molar-refractivity contribution < 1.29 is 19.4 Å². The fraction of sp³-hybridized carbons (Fsp3) is 0.667. The summed E-state index contributed by atoms with van der Waals surface area (Å²) in [6.07, 6.45) is -1.01. The smallest absolute Gasteiger partial charge is 0.351 e. The predicted molar refractivity (Wildman–Crippen MR) is 93.9 cm³/mol. The number of hydrogen-bond donors (Lipinski definition) is 3. The van der Waals surface area contributed by atoms with Crippen LogP contribution in [0.15, 0.2) is 22.2 Å². The predicted octanol–water partition coefficient (Wildman–Crippen LogP) is -0.116. The number of nitrogen functional groups attached to an aromatic ring is 1. The molecule has 148 valence electrons. The topological polar surface area (TPSA) is 191 Å². The molecule has 27 heavy (non-hydrogen) atoms. The third-order valence-electron chi connectivity index (χ3n) is 4.49. The quantitative estimate of drug-likeness (QED) is 0.263. The lowest BCUT2D eigenvalue weighted by Crippen LogP contribution is -2.46. The molecule has 5 N–H and O–H groups in total. The lowest BCUT2D eigenvalue weighted by molar-refractivity contribution is -0.167. The minimum atomic E-state index is -1.91. The molecule has 0 bridgehead atoms. The second-order valence-electron chi connectivity index (χ2n) is 6.77. The zero-order chi connectivity index (χ0) is 20.4. The van der Waals surface area contributed by atoms with E-state index >= 15 is 0 Å². The van der Waals surface area contributed by atoms with E-state index in [-0.39, 0.29) is 11.7 Å². The third-order valence-corrected chi connectivity index (χ3v) is 4.49. The molecule has 0 amide bonds. The van der Waals surface area contributed by atoms with Gasteiger partial charge in [0.1, 0.15) is 24.7 Å². The molecule has 0 spiro atoms. The summed E-state index contributed by atoms with van der Waals surface area (Å²) in [6, 6.07) is 0.503. The summed E-state index contributed by atoms with van der Waals surface area (Å²) < 4.78 is 11.9. The Morgan fingerprint density at radius 1 is 1.63 bits per heavy atom. The Bertz CT molecular complexity index is 806. The maximum absolute atomic E-state index is 12.1. The minimum absolute atomic E-state index is 0.0281. The molecular formula is C15H23N7O5. The maximum atomic E-state index is 12.1. The Hall–Kier alpha value is -2.66. The Labute approximate surface area is 154 Å². The molecule has 12 heteroatoms. The molecule has 1 aliphatic rings. The van der Waals surface area contributed by atoms with Crippen molar-refractivity contribution >= 4 is 11.8 Å². The number of aromatic nitrogens is 2. The van der Waals surface area contributed by atoms with Gasteiger partial charge in [0.2, 0.25) is 5.72 Å². The van der Waals surface area contributed by atoms with Crippen LogP contribution >= 0.6 is 0 Å². The van der Waals surface area contributed by atoms with Crippen LogP contribution < -0.4 is 17.2 Å². The van der Waals surface area contributed by atoms with Gasteiger partial charge in [-0.1, -0.05) is 25.9 Å². The van der Waals surface area contributed by atoms with Crippen molar-refractivity contribution in [3.8, 4) is 0 Å². The molecule has 2 heterocycles. The Morgan fingerprint density at radius 3 is 2.85 bits per heavy atom. The van der Waals surface area contributed by atoms with Crippen molar-refractivity contribution in [1.29, 1.82) is 0 Å². The number of nitrogens with two attached hydrogens (primary N) is 2. The number of nitrogens with zero attached hydrogens (tertiary/aromatic N) is 5. The third kappa shape index (κ3) is 4.03. The van der Waals surface area contributed by atoms with Crippen molar-refractivity contribution in [1.82, 2.24) is 9.55 Å². The van der Waals surface area contributed by atoms with E-state index in [1.54, 1.807) is 20.8 Å². The van der Waals surface area contributed by atoms with Gasteiger partial charge in [0.25, 0.3) is 0 Å². The van der Waals surface area contributed by atoms with Gasteiger partial charge < -0.3 is 26.0 Å². The number of carbonyl (C=O) groups is 1. The first-order valence-corrected chi connectivity index (χ1v) is 8.32. The van der Waals surface area contributed by atoms with Crippen molar-refractivity contribution in [2.24, 2.45) is 22.7 Å². The van der Waals surface area contributed by atoms with Gasteiger partial charge in [-0.3, -0.25) is 9.36 Å². The molecule has 1 saturated heterocycles. The van der Waals surface area contributed by atoms with Gasteiger partial charge in [0.15, 0.2) is 0 Å². The highest BCUT2D eigenvalue weighted by Gasteiger charge is 2.54. The van der Waals surface area contributed by atoms with Crippen LogP contribution in [0.5, 0.6) is 0 Å². The average Bonchev–Trinajstić information content (AvgIpc) is 2.85. The number of anilines is 1. The first-order valence-electron chi connectivity index (χ1n) is 8.32. The number of rotatable bonds is 6. The highest BCUT2D eigenvalue weighted by atomic mass is 16.6. The summed E-state index contributed by atoms with van der Waals surface area (Å²) in [7, 11) is 0. The monoisotopic (exact) mass is 381 g/mol. The first kappa shape index (κ1) is 20.6. The summed E-state index contributed by atoms with van der Waals surface area (Å²) in [4.78, 5) is 30.4. The number of aliphatic hydroxyl groups excluding tert-OH is 1. The van der Waals surface area contributed by atoms with E-state index in [1.807, 2.05) is 0 Å². The summed E-state index contributed by atoms with van der Waals surface area (Å²) in [5.41, 5.74) is 17.5. The maximum Gasteiger partial charge on any atom is 0.351 e. The molecule has 1 fully saturated rings. The molecule has 5 atom stereocenters. The molecule has 1 aromatic heterocycles. The van der Waals surface area contributed by atoms with Crippen LogP contribution in [-0.4, -0.2) is 45.1 Å². The van der Waals surface area contributed by atoms with Gasteiger partial charge in [-0.15, -0.1) is 0 Å². The summed E-state index contributed by atoms with van der Waals surface area (Å²) >= 11 is 0. The highest BCUT2D eigenvalue weighted by Crippen LogP contribution is 2.42. The van der Waals surface area contributed by atoms with Crippen LogP contribution in [0.4, 0.5) is 5.82 Å². The second-order valence-corrected chi connectivity index (χ2v) is 6.77. The van der Waals surface area contributed by atoms with E-state index in [9.17, 15) is 14.7 Å². The zero-order valence-corrected chi connectivity index (χ0v) is 15.2. The molecule has 1 aromatic rings. The summed E-state index contributed by atoms with van der Waals surface area (Å²) in [5, 5.41) is 14.1. The number of esters is 1. The van der Waals surface area contributed by atoms with Gasteiger partial charge in [-0.05, 0) is 17.5 Å². The fourth-order valence-corrected chi connectivity index (χ4v) is 2.73. The molecule has 0 aromatic carbocycles.